The van der Waals surface area contributed by atoms with Crippen molar-refractivity contribution in [1.29, 1.82) is 0 Å². The van der Waals surface area contributed by atoms with Gasteiger partial charge in [0, 0.05) is 11.5 Å². The van der Waals surface area contributed by atoms with Gasteiger partial charge in [-0.2, -0.15) is 0 Å². The highest BCUT2D eigenvalue weighted by molar-refractivity contribution is 9.10. The van der Waals surface area contributed by atoms with Gasteiger partial charge in [-0.25, -0.2) is 4.39 Å². The highest BCUT2D eigenvalue weighted by Crippen LogP contribution is 2.31. The van der Waals surface area contributed by atoms with E-state index in [1.54, 1.807) is 6.92 Å². The second-order valence-electron chi connectivity index (χ2n) is 4.42. The summed E-state index contributed by atoms with van der Waals surface area (Å²) in [7, 11) is 0. The Bertz CT molecular complexity index is 492. The highest BCUT2D eigenvalue weighted by Gasteiger charge is 2.31. The lowest BCUT2D eigenvalue weighted by atomic mass is 10.00. The molecule has 0 saturated heterocycles. The lowest BCUT2D eigenvalue weighted by molar-refractivity contribution is -0.119. The van der Waals surface area contributed by atoms with Crippen molar-refractivity contribution in [1.82, 2.24) is 0 Å². The van der Waals surface area contributed by atoms with Gasteiger partial charge in [0.05, 0.1) is 10.9 Å². The predicted molar refractivity (Wildman–Crippen MR) is 65.5 cm³/mol. The summed E-state index contributed by atoms with van der Waals surface area (Å²) in [5.41, 5.74) is 0.992. The van der Waals surface area contributed by atoms with E-state index in [4.69, 9.17) is 0 Å². The van der Waals surface area contributed by atoms with Crippen LogP contribution in [-0.2, 0) is 4.79 Å². The summed E-state index contributed by atoms with van der Waals surface area (Å²) in [6.07, 6.45) is 1.74. The highest BCUT2D eigenvalue weighted by atomic mass is 79.9. The van der Waals surface area contributed by atoms with Crippen LogP contribution in [0.25, 0.3) is 0 Å². The van der Waals surface area contributed by atoms with E-state index in [-0.39, 0.29) is 28.4 Å². The van der Waals surface area contributed by atoms with Crippen LogP contribution in [0.2, 0.25) is 0 Å². The molecular weight excluding hydrogens is 287 g/mol. The Morgan fingerprint density at radius 3 is 2.65 bits per heavy atom. The average Bonchev–Trinajstić information content (AvgIpc) is 3.06. The molecule has 0 heterocycles. The van der Waals surface area contributed by atoms with Crippen molar-refractivity contribution in [2.75, 3.05) is 0 Å². The van der Waals surface area contributed by atoms with Crippen molar-refractivity contribution < 1.29 is 14.0 Å². The summed E-state index contributed by atoms with van der Waals surface area (Å²) in [6.45, 7) is 1.67. The van der Waals surface area contributed by atoms with Crippen LogP contribution >= 0.6 is 15.9 Å². The molecule has 4 heteroatoms. The third kappa shape index (κ3) is 2.80. The van der Waals surface area contributed by atoms with Gasteiger partial charge in [-0.3, -0.25) is 9.59 Å². The van der Waals surface area contributed by atoms with Gasteiger partial charge in [0.15, 0.2) is 5.78 Å². The van der Waals surface area contributed by atoms with Gasteiger partial charge in [0.1, 0.15) is 11.6 Å². The molecule has 2 nitrogen and oxygen atoms in total. The zero-order chi connectivity index (χ0) is 12.6. The van der Waals surface area contributed by atoms with Gasteiger partial charge in [0.25, 0.3) is 0 Å². The molecule has 1 aliphatic rings. The number of benzene rings is 1. The number of Topliss-reactive ketones (excluding diaryl/α,β-unsaturated/α-hetero) is 2. The minimum absolute atomic E-state index is 0.00912. The fraction of sp³-hybridized carbons (Fsp3) is 0.385. The van der Waals surface area contributed by atoms with Crippen LogP contribution in [0, 0.1) is 18.7 Å². The molecule has 1 fully saturated rings. The Labute approximate surface area is 107 Å². The third-order valence-electron chi connectivity index (χ3n) is 2.94. The number of ketones is 2. The van der Waals surface area contributed by atoms with E-state index in [9.17, 15) is 14.0 Å². The molecular formula is C13H12BrFO2. The summed E-state index contributed by atoms with van der Waals surface area (Å²) in [4.78, 5) is 23.5. The van der Waals surface area contributed by atoms with Gasteiger partial charge < -0.3 is 0 Å². The van der Waals surface area contributed by atoms with Crippen LogP contribution in [0.5, 0.6) is 0 Å². The molecule has 0 bridgehead atoms. The molecule has 0 aliphatic heterocycles. The van der Waals surface area contributed by atoms with Crippen molar-refractivity contribution in [3.05, 3.63) is 33.5 Å². The largest absolute Gasteiger partial charge is 0.299 e. The molecule has 0 atom stereocenters. The van der Waals surface area contributed by atoms with Crippen LogP contribution < -0.4 is 0 Å². The number of hydrogen-bond acceptors (Lipinski definition) is 2. The molecule has 0 amide bonds. The molecule has 1 aromatic carbocycles. The van der Waals surface area contributed by atoms with Crippen LogP contribution in [0.1, 0.15) is 35.2 Å². The van der Waals surface area contributed by atoms with Gasteiger partial charge in [-0.15, -0.1) is 0 Å². The smallest absolute Gasteiger partial charge is 0.170 e. The summed E-state index contributed by atoms with van der Waals surface area (Å²) in [6, 6.07) is 2.76. The average molecular weight is 299 g/mol. The fourth-order valence-electron chi connectivity index (χ4n) is 1.75. The van der Waals surface area contributed by atoms with Gasteiger partial charge in [-0.05, 0) is 53.4 Å². The molecule has 1 aliphatic carbocycles. The lowest BCUT2D eigenvalue weighted by Gasteiger charge is -2.06. The van der Waals surface area contributed by atoms with Crippen molar-refractivity contribution in [2.45, 2.75) is 26.2 Å². The quantitative estimate of drug-likeness (QED) is 0.630. The Balaban J connectivity index is 2.18. The molecule has 0 aromatic heterocycles. The first-order chi connectivity index (χ1) is 7.99. The third-order valence-corrected chi connectivity index (χ3v) is 3.54. The van der Waals surface area contributed by atoms with E-state index >= 15 is 0 Å². The summed E-state index contributed by atoms with van der Waals surface area (Å²) in [5.74, 6) is -0.523. The minimum atomic E-state index is -0.396. The standard InChI is InChI=1S/C13H12BrFO2/c1-7-4-11(15)10(14)5-9(7)13(17)6-12(16)8-2-3-8/h4-5,8H,2-3,6H2,1H3. The van der Waals surface area contributed by atoms with Crippen LogP contribution in [0.15, 0.2) is 16.6 Å². The number of halogens is 2. The van der Waals surface area contributed by atoms with E-state index in [0.29, 0.717) is 11.1 Å². The summed E-state index contributed by atoms with van der Waals surface area (Å²) in [5, 5.41) is 0. The normalized spacial score (nSPS) is 14.8. The number of aryl methyl sites for hydroxylation is 1. The number of carbonyl (C=O) groups is 2. The maximum Gasteiger partial charge on any atom is 0.170 e. The zero-order valence-corrected chi connectivity index (χ0v) is 11.0. The van der Waals surface area contributed by atoms with E-state index in [0.717, 1.165) is 12.8 Å². The number of carbonyl (C=O) groups excluding carboxylic acids is 2. The predicted octanol–water partition coefficient (Wildman–Crippen LogP) is 3.45. The van der Waals surface area contributed by atoms with E-state index in [1.807, 2.05) is 0 Å². The molecule has 0 radical (unpaired) electrons. The van der Waals surface area contributed by atoms with E-state index < -0.39 is 5.82 Å². The van der Waals surface area contributed by atoms with Crippen molar-refractivity contribution in [2.24, 2.45) is 5.92 Å². The lowest BCUT2D eigenvalue weighted by Crippen LogP contribution is -2.11. The van der Waals surface area contributed by atoms with Crippen LogP contribution in [0.3, 0.4) is 0 Å². The molecule has 1 aromatic rings. The Morgan fingerprint density at radius 1 is 1.41 bits per heavy atom. The molecule has 17 heavy (non-hydrogen) atoms. The molecule has 90 valence electrons. The van der Waals surface area contributed by atoms with Crippen molar-refractivity contribution in [3.8, 4) is 0 Å². The first-order valence-corrected chi connectivity index (χ1v) is 6.30. The molecule has 2 rings (SSSR count). The summed E-state index contributed by atoms with van der Waals surface area (Å²) < 4.78 is 13.5. The second-order valence-corrected chi connectivity index (χ2v) is 5.28. The fourth-order valence-corrected chi connectivity index (χ4v) is 2.09. The Kier molecular flexibility index (Phi) is 3.43. The SMILES string of the molecule is Cc1cc(F)c(Br)cc1C(=O)CC(=O)C1CC1. The molecule has 1 saturated carbocycles. The first kappa shape index (κ1) is 12.4. The van der Waals surface area contributed by atoms with E-state index in [2.05, 4.69) is 15.9 Å². The monoisotopic (exact) mass is 298 g/mol. The van der Waals surface area contributed by atoms with Crippen LogP contribution in [0.4, 0.5) is 4.39 Å². The van der Waals surface area contributed by atoms with Crippen molar-refractivity contribution in [3.63, 3.8) is 0 Å². The van der Waals surface area contributed by atoms with Gasteiger partial charge in [0.2, 0.25) is 0 Å². The van der Waals surface area contributed by atoms with Gasteiger partial charge >= 0.3 is 0 Å². The molecule has 0 unspecified atom stereocenters. The number of rotatable bonds is 4. The Hall–Kier alpha value is -1.03. The second kappa shape index (κ2) is 4.69. The minimum Gasteiger partial charge on any atom is -0.299 e. The Morgan fingerprint density at radius 2 is 2.06 bits per heavy atom. The first-order valence-electron chi connectivity index (χ1n) is 5.50. The topological polar surface area (TPSA) is 34.1 Å². The zero-order valence-electron chi connectivity index (χ0n) is 9.43. The summed E-state index contributed by atoms with van der Waals surface area (Å²) >= 11 is 3.04. The maximum atomic E-state index is 13.2. The molecule has 0 spiro atoms. The van der Waals surface area contributed by atoms with E-state index in [1.165, 1.54) is 12.1 Å². The molecule has 0 N–H and O–H groups in total. The maximum absolute atomic E-state index is 13.2. The van der Waals surface area contributed by atoms with Crippen LogP contribution in [-0.4, -0.2) is 11.6 Å². The van der Waals surface area contributed by atoms with Gasteiger partial charge in [-0.1, -0.05) is 0 Å². The number of hydrogen-bond donors (Lipinski definition) is 0. The van der Waals surface area contributed by atoms with Crippen molar-refractivity contribution >= 4 is 27.5 Å².